The van der Waals surface area contributed by atoms with Crippen LogP contribution in [0.25, 0.3) is 22.4 Å². The number of unbranched alkanes of at least 4 members (excludes halogenated alkanes) is 1. The molecule has 0 bridgehead atoms. The Labute approximate surface area is 118 Å². The molecule has 20 heavy (non-hydrogen) atoms. The maximum Gasteiger partial charge on any atom is 0.142 e. The van der Waals surface area contributed by atoms with Crippen molar-refractivity contribution in [1.29, 1.82) is 0 Å². The van der Waals surface area contributed by atoms with E-state index in [1.807, 2.05) is 24.4 Å². The van der Waals surface area contributed by atoms with Crippen LogP contribution in [-0.2, 0) is 6.54 Å². The van der Waals surface area contributed by atoms with Crippen LogP contribution in [0.2, 0.25) is 0 Å². The van der Waals surface area contributed by atoms with E-state index in [1.54, 1.807) is 6.20 Å². The zero-order chi connectivity index (χ0) is 13.8. The van der Waals surface area contributed by atoms with Gasteiger partial charge in [0, 0.05) is 24.5 Å². The molecule has 102 valence electrons. The van der Waals surface area contributed by atoms with Crippen LogP contribution in [0.4, 0.5) is 0 Å². The standard InChI is InChI=1S/C16H18N4/c17-9-3-4-11-20-15-8-2-1-7-14(15)19-16(20)13-6-5-10-18-12-13/h1-2,5-8,10,12H,3-4,9,11,17H2. The van der Waals surface area contributed by atoms with Crippen molar-refractivity contribution in [3.8, 4) is 11.4 Å². The highest BCUT2D eigenvalue weighted by atomic mass is 15.1. The van der Waals surface area contributed by atoms with E-state index in [2.05, 4.69) is 27.8 Å². The van der Waals surface area contributed by atoms with Gasteiger partial charge in [-0.15, -0.1) is 0 Å². The van der Waals surface area contributed by atoms with Crippen LogP contribution >= 0.6 is 0 Å². The molecule has 0 aliphatic heterocycles. The van der Waals surface area contributed by atoms with Gasteiger partial charge in [-0.05, 0) is 43.7 Å². The lowest BCUT2D eigenvalue weighted by atomic mass is 10.2. The Morgan fingerprint density at radius 3 is 2.75 bits per heavy atom. The third kappa shape index (κ3) is 2.42. The topological polar surface area (TPSA) is 56.7 Å². The predicted molar refractivity (Wildman–Crippen MR) is 81.3 cm³/mol. The van der Waals surface area contributed by atoms with Gasteiger partial charge < -0.3 is 10.3 Å². The van der Waals surface area contributed by atoms with Crippen LogP contribution in [0.15, 0.2) is 48.8 Å². The molecule has 3 aromatic rings. The molecule has 0 atom stereocenters. The Bertz CT molecular complexity index is 688. The van der Waals surface area contributed by atoms with E-state index < -0.39 is 0 Å². The van der Waals surface area contributed by atoms with Crippen molar-refractivity contribution in [2.75, 3.05) is 6.54 Å². The first-order chi connectivity index (χ1) is 9.90. The second kappa shape index (κ2) is 5.84. The normalized spacial score (nSPS) is 11.1. The summed E-state index contributed by atoms with van der Waals surface area (Å²) in [6, 6.07) is 12.2. The Kier molecular flexibility index (Phi) is 3.74. The molecule has 4 heteroatoms. The van der Waals surface area contributed by atoms with Crippen LogP contribution in [0, 0.1) is 0 Å². The summed E-state index contributed by atoms with van der Waals surface area (Å²) < 4.78 is 2.27. The molecule has 0 aliphatic rings. The minimum absolute atomic E-state index is 0.731. The van der Waals surface area contributed by atoms with Crippen molar-refractivity contribution in [1.82, 2.24) is 14.5 Å². The molecular formula is C16H18N4. The number of nitrogens with two attached hydrogens (primary N) is 1. The number of para-hydroxylation sites is 2. The number of aryl methyl sites for hydroxylation is 1. The number of nitrogens with zero attached hydrogens (tertiary/aromatic N) is 3. The number of benzene rings is 1. The minimum atomic E-state index is 0.731. The molecule has 3 rings (SSSR count). The Balaban J connectivity index is 2.08. The van der Waals surface area contributed by atoms with Crippen molar-refractivity contribution in [3.05, 3.63) is 48.8 Å². The lowest BCUT2D eigenvalue weighted by Gasteiger charge is -2.08. The maximum atomic E-state index is 5.59. The molecule has 0 saturated carbocycles. The molecule has 2 heterocycles. The van der Waals surface area contributed by atoms with Gasteiger partial charge in [0.1, 0.15) is 5.82 Å². The van der Waals surface area contributed by atoms with E-state index in [1.165, 1.54) is 5.52 Å². The first-order valence-electron chi connectivity index (χ1n) is 6.96. The van der Waals surface area contributed by atoms with Crippen LogP contribution in [0.5, 0.6) is 0 Å². The SMILES string of the molecule is NCCCCn1c(-c2cccnc2)nc2ccccc21. The minimum Gasteiger partial charge on any atom is -0.330 e. The van der Waals surface area contributed by atoms with Gasteiger partial charge >= 0.3 is 0 Å². The van der Waals surface area contributed by atoms with Crippen LogP contribution in [0.3, 0.4) is 0 Å². The fraction of sp³-hybridized carbons (Fsp3) is 0.250. The Hall–Kier alpha value is -2.20. The van der Waals surface area contributed by atoms with Crippen LogP contribution in [0.1, 0.15) is 12.8 Å². The van der Waals surface area contributed by atoms with E-state index in [0.717, 1.165) is 42.8 Å². The molecule has 2 aromatic heterocycles. The summed E-state index contributed by atoms with van der Waals surface area (Å²) in [4.78, 5) is 8.95. The summed E-state index contributed by atoms with van der Waals surface area (Å²) in [6.45, 7) is 1.66. The van der Waals surface area contributed by atoms with Gasteiger partial charge in [-0.1, -0.05) is 12.1 Å². The highest BCUT2D eigenvalue weighted by molar-refractivity contribution is 5.80. The van der Waals surface area contributed by atoms with E-state index in [0.29, 0.717) is 0 Å². The lowest BCUT2D eigenvalue weighted by Crippen LogP contribution is -2.04. The van der Waals surface area contributed by atoms with Crippen molar-refractivity contribution in [3.63, 3.8) is 0 Å². The number of rotatable bonds is 5. The smallest absolute Gasteiger partial charge is 0.142 e. The van der Waals surface area contributed by atoms with E-state index >= 15 is 0 Å². The summed E-state index contributed by atoms with van der Waals surface area (Å²) in [5, 5.41) is 0. The number of hydrogen-bond acceptors (Lipinski definition) is 3. The van der Waals surface area contributed by atoms with Crippen molar-refractivity contribution in [2.45, 2.75) is 19.4 Å². The zero-order valence-electron chi connectivity index (χ0n) is 11.4. The summed E-state index contributed by atoms with van der Waals surface area (Å²) in [5.74, 6) is 0.983. The molecule has 2 N–H and O–H groups in total. The van der Waals surface area contributed by atoms with Gasteiger partial charge in [0.2, 0.25) is 0 Å². The number of aromatic nitrogens is 3. The third-order valence-corrected chi connectivity index (χ3v) is 3.41. The van der Waals surface area contributed by atoms with Gasteiger partial charge in [0.25, 0.3) is 0 Å². The van der Waals surface area contributed by atoms with Crippen molar-refractivity contribution >= 4 is 11.0 Å². The average molecular weight is 266 g/mol. The molecule has 1 aromatic carbocycles. The Morgan fingerprint density at radius 2 is 1.95 bits per heavy atom. The fourth-order valence-electron chi connectivity index (χ4n) is 2.43. The number of imidazole rings is 1. The summed E-state index contributed by atoms with van der Waals surface area (Å²) in [7, 11) is 0. The molecule has 0 saturated heterocycles. The zero-order valence-corrected chi connectivity index (χ0v) is 11.4. The van der Waals surface area contributed by atoms with E-state index in [4.69, 9.17) is 10.7 Å². The second-order valence-electron chi connectivity index (χ2n) is 4.81. The van der Waals surface area contributed by atoms with Crippen LogP contribution < -0.4 is 5.73 Å². The molecule has 0 aliphatic carbocycles. The number of fused-ring (bicyclic) bond motifs is 1. The van der Waals surface area contributed by atoms with Gasteiger partial charge in [-0.25, -0.2) is 4.98 Å². The van der Waals surface area contributed by atoms with Gasteiger partial charge in [-0.2, -0.15) is 0 Å². The molecule has 0 spiro atoms. The summed E-state index contributed by atoms with van der Waals surface area (Å²) in [6.07, 6.45) is 5.73. The second-order valence-corrected chi connectivity index (χ2v) is 4.81. The van der Waals surface area contributed by atoms with Gasteiger partial charge in [0.15, 0.2) is 0 Å². The first-order valence-corrected chi connectivity index (χ1v) is 6.96. The fourth-order valence-corrected chi connectivity index (χ4v) is 2.43. The molecular weight excluding hydrogens is 248 g/mol. The highest BCUT2D eigenvalue weighted by Gasteiger charge is 2.11. The Morgan fingerprint density at radius 1 is 1.05 bits per heavy atom. The van der Waals surface area contributed by atoms with Crippen molar-refractivity contribution in [2.24, 2.45) is 5.73 Å². The summed E-state index contributed by atoms with van der Waals surface area (Å²) >= 11 is 0. The maximum absolute atomic E-state index is 5.59. The van der Waals surface area contributed by atoms with Gasteiger partial charge in [0.05, 0.1) is 11.0 Å². The predicted octanol–water partition coefficient (Wildman–Crippen LogP) is 2.84. The van der Waals surface area contributed by atoms with Gasteiger partial charge in [-0.3, -0.25) is 4.98 Å². The number of hydrogen-bond donors (Lipinski definition) is 1. The highest BCUT2D eigenvalue weighted by Crippen LogP contribution is 2.24. The third-order valence-electron chi connectivity index (χ3n) is 3.41. The molecule has 0 unspecified atom stereocenters. The average Bonchev–Trinajstić information content (AvgIpc) is 2.87. The largest absolute Gasteiger partial charge is 0.330 e. The molecule has 0 fully saturated rings. The summed E-state index contributed by atoms with van der Waals surface area (Å²) in [5.41, 5.74) is 8.84. The number of pyridine rings is 1. The van der Waals surface area contributed by atoms with Crippen LogP contribution in [-0.4, -0.2) is 21.1 Å². The van der Waals surface area contributed by atoms with E-state index in [-0.39, 0.29) is 0 Å². The quantitative estimate of drug-likeness (QED) is 0.722. The monoisotopic (exact) mass is 266 g/mol. The molecule has 0 radical (unpaired) electrons. The van der Waals surface area contributed by atoms with Crippen molar-refractivity contribution < 1.29 is 0 Å². The molecule has 4 nitrogen and oxygen atoms in total. The first kappa shape index (κ1) is 12.8. The lowest BCUT2D eigenvalue weighted by molar-refractivity contribution is 0.631. The molecule has 0 amide bonds. The van der Waals surface area contributed by atoms with E-state index in [9.17, 15) is 0 Å².